The normalized spacial score (nSPS) is 16.2. The third-order valence-electron chi connectivity index (χ3n) is 3.71. The minimum Gasteiger partial charge on any atom is -0.481 e. The molecular weight excluding hydrogens is 315 g/mol. The van der Waals surface area contributed by atoms with Crippen molar-refractivity contribution in [3.63, 3.8) is 0 Å². The molecule has 0 radical (unpaired) electrons. The molecule has 2 rings (SSSR count). The van der Waals surface area contributed by atoms with Crippen LogP contribution in [-0.2, 0) is 4.79 Å². The number of hydrogen-bond donors (Lipinski definition) is 1. The number of carboxylic acids is 1. The number of aliphatic carboxylic acids is 1. The van der Waals surface area contributed by atoms with Gasteiger partial charge in [0.25, 0.3) is 5.91 Å². The molecule has 0 aliphatic carbocycles. The van der Waals surface area contributed by atoms with Gasteiger partial charge in [-0.15, -0.1) is 13.2 Å². The summed E-state index contributed by atoms with van der Waals surface area (Å²) in [6.07, 6.45) is -3.80. The lowest BCUT2D eigenvalue weighted by atomic mass is 9.93. The van der Waals surface area contributed by atoms with E-state index < -0.39 is 24.0 Å². The Balaban J connectivity index is 2.06. The molecule has 126 valence electrons. The Kier molecular flexibility index (Phi) is 5.12. The second-order valence-electron chi connectivity index (χ2n) is 5.38. The van der Waals surface area contributed by atoms with Crippen LogP contribution < -0.4 is 4.74 Å². The van der Waals surface area contributed by atoms with Crippen LogP contribution in [0.15, 0.2) is 24.3 Å². The highest BCUT2D eigenvalue weighted by molar-refractivity contribution is 5.97. The average molecular weight is 331 g/mol. The van der Waals surface area contributed by atoms with Gasteiger partial charge in [0.15, 0.2) is 0 Å². The van der Waals surface area contributed by atoms with E-state index in [-0.39, 0.29) is 17.9 Å². The van der Waals surface area contributed by atoms with Gasteiger partial charge >= 0.3 is 12.3 Å². The van der Waals surface area contributed by atoms with Gasteiger partial charge in [0.1, 0.15) is 5.75 Å². The van der Waals surface area contributed by atoms with E-state index >= 15 is 0 Å². The second kappa shape index (κ2) is 6.89. The van der Waals surface area contributed by atoms with Gasteiger partial charge < -0.3 is 14.7 Å². The lowest BCUT2D eigenvalue weighted by Gasteiger charge is -2.31. The predicted octanol–water partition coefficient (Wildman–Crippen LogP) is 2.91. The van der Waals surface area contributed by atoms with E-state index in [0.29, 0.717) is 25.9 Å². The number of ether oxygens (including phenoxy) is 1. The van der Waals surface area contributed by atoms with Crippen molar-refractivity contribution in [1.29, 1.82) is 0 Å². The van der Waals surface area contributed by atoms with E-state index in [9.17, 15) is 22.8 Å². The van der Waals surface area contributed by atoms with Crippen LogP contribution in [0, 0.1) is 5.92 Å². The molecule has 0 saturated carbocycles. The molecule has 1 aliphatic heterocycles. The Bertz CT molecular complexity index is 580. The molecule has 0 bridgehead atoms. The molecule has 1 amide bonds. The largest absolute Gasteiger partial charge is 0.573 e. The Morgan fingerprint density at radius 1 is 1.22 bits per heavy atom. The van der Waals surface area contributed by atoms with Gasteiger partial charge in [0, 0.05) is 19.5 Å². The zero-order chi connectivity index (χ0) is 17.0. The topological polar surface area (TPSA) is 66.8 Å². The van der Waals surface area contributed by atoms with Gasteiger partial charge in [-0.1, -0.05) is 12.1 Å². The zero-order valence-electron chi connectivity index (χ0n) is 12.2. The highest BCUT2D eigenvalue weighted by Gasteiger charge is 2.34. The van der Waals surface area contributed by atoms with E-state index in [1.807, 2.05) is 0 Å². The summed E-state index contributed by atoms with van der Waals surface area (Å²) in [7, 11) is 0. The number of carbonyl (C=O) groups is 2. The molecule has 1 heterocycles. The quantitative estimate of drug-likeness (QED) is 0.921. The molecule has 5 nitrogen and oxygen atoms in total. The number of piperidine rings is 1. The zero-order valence-corrected chi connectivity index (χ0v) is 12.2. The van der Waals surface area contributed by atoms with Crippen LogP contribution >= 0.6 is 0 Å². The van der Waals surface area contributed by atoms with Crippen LogP contribution in [0.4, 0.5) is 13.2 Å². The SMILES string of the molecule is O=C(O)CC1CCN(C(=O)c2ccccc2OC(F)(F)F)CC1. The molecule has 1 fully saturated rings. The van der Waals surface area contributed by atoms with Gasteiger partial charge in [-0.3, -0.25) is 9.59 Å². The van der Waals surface area contributed by atoms with Crippen molar-refractivity contribution >= 4 is 11.9 Å². The van der Waals surface area contributed by atoms with Gasteiger partial charge in [-0.05, 0) is 30.9 Å². The molecule has 0 spiro atoms. The highest BCUT2D eigenvalue weighted by atomic mass is 19.4. The molecule has 8 heteroatoms. The molecule has 23 heavy (non-hydrogen) atoms. The standard InChI is InChI=1S/C15H16F3NO4/c16-15(17,18)23-12-4-2-1-3-11(12)14(22)19-7-5-10(6-8-19)9-13(20)21/h1-4,10H,5-9H2,(H,20,21). The third kappa shape index (κ3) is 4.87. The van der Waals surface area contributed by atoms with Crippen LogP contribution in [0.3, 0.4) is 0 Å². The molecular formula is C15H16F3NO4. The van der Waals surface area contributed by atoms with E-state index in [2.05, 4.69) is 4.74 Å². The summed E-state index contributed by atoms with van der Waals surface area (Å²) in [4.78, 5) is 24.5. The maximum absolute atomic E-state index is 12.4. The molecule has 0 aromatic heterocycles. The van der Waals surface area contributed by atoms with Gasteiger partial charge in [0.05, 0.1) is 5.56 Å². The van der Waals surface area contributed by atoms with Crippen molar-refractivity contribution in [3.05, 3.63) is 29.8 Å². The van der Waals surface area contributed by atoms with E-state index in [0.717, 1.165) is 6.07 Å². The van der Waals surface area contributed by atoms with Crippen LogP contribution in [0.25, 0.3) is 0 Å². The first-order valence-corrected chi connectivity index (χ1v) is 7.12. The first kappa shape index (κ1) is 17.1. The fourth-order valence-electron chi connectivity index (χ4n) is 2.61. The molecule has 1 aliphatic rings. The number of amides is 1. The van der Waals surface area contributed by atoms with Gasteiger partial charge in [-0.2, -0.15) is 0 Å². The number of para-hydroxylation sites is 1. The van der Waals surface area contributed by atoms with Crippen LogP contribution in [0.5, 0.6) is 5.75 Å². The number of nitrogens with zero attached hydrogens (tertiary/aromatic N) is 1. The fourth-order valence-corrected chi connectivity index (χ4v) is 2.61. The Morgan fingerprint density at radius 3 is 2.39 bits per heavy atom. The predicted molar refractivity (Wildman–Crippen MR) is 74.0 cm³/mol. The number of carbonyl (C=O) groups excluding carboxylic acids is 1. The smallest absolute Gasteiger partial charge is 0.481 e. The first-order valence-electron chi connectivity index (χ1n) is 7.12. The summed E-state index contributed by atoms with van der Waals surface area (Å²) < 4.78 is 41.1. The van der Waals surface area contributed by atoms with E-state index in [4.69, 9.17) is 5.11 Å². The van der Waals surface area contributed by atoms with Crippen LogP contribution in [-0.4, -0.2) is 41.3 Å². The molecule has 0 atom stereocenters. The molecule has 1 saturated heterocycles. The number of halogens is 3. The third-order valence-corrected chi connectivity index (χ3v) is 3.71. The lowest BCUT2D eigenvalue weighted by molar-refractivity contribution is -0.274. The maximum atomic E-state index is 12.4. The van der Waals surface area contributed by atoms with Crippen LogP contribution in [0.1, 0.15) is 29.6 Å². The second-order valence-corrected chi connectivity index (χ2v) is 5.38. The molecule has 1 aromatic carbocycles. The average Bonchev–Trinajstić information content (AvgIpc) is 2.45. The van der Waals surface area contributed by atoms with Crippen LogP contribution in [0.2, 0.25) is 0 Å². The summed E-state index contributed by atoms with van der Waals surface area (Å²) in [5.41, 5.74) is -0.151. The number of benzene rings is 1. The first-order chi connectivity index (χ1) is 10.8. The Morgan fingerprint density at radius 2 is 1.83 bits per heavy atom. The van der Waals surface area contributed by atoms with Gasteiger partial charge in [-0.25, -0.2) is 0 Å². The summed E-state index contributed by atoms with van der Waals surface area (Å²) in [5, 5.41) is 8.76. The molecule has 0 unspecified atom stereocenters. The summed E-state index contributed by atoms with van der Waals surface area (Å²) in [6, 6.07) is 5.20. The lowest BCUT2D eigenvalue weighted by Crippen LogP contribution is -2.39. The summed E-state index contributed by atoms with van der Waals surface area (Å²) >= 11 is 0. The van der Waals surface area contributed by atoms with E-state index in [1.165, 1.54) is 23.1 Å². The Labute approximate surface area is 130 Å². The van der Waals surface area contributed by atoms with Crippen molar-refractivity contribution in [2.24, 2.45) is 5.92 Å². The van der Waals surface area contributed by atoms with Gasteiger partial charge in [0.2, 0.25) is 0 Å². The highest BCUT2D eigenvalue weighted by Crippen LogP contribution is 2.29. The number of alkyl halides is 3. The minimum absolute atomic E-state index is 0.0155. The van der Waals surface area contributed by atoms with Crippen molar-refractivity contribution in [3.8, 4) is 5.75 Å². The van der Waals surface area contributed by atoms with Crippen molar-refractivity contribution < 1.29 is 32.6 Å². The molecule has 1 N–H and O–H groups in total. The van der Waals surface area contributed by atoms with Crippen molar-refractivity contribution in [2.45, 2.75) is 25.6 Å². The number of hydrogen-bond acceptors (Lipinski definition) is 3. The van der Waals surface area contributed by atoms with Crippen molar-refractivity contribution in [1.82, 2.24) is 4.90 Å². The number of likely N-dealkylation sites (tertiary alicyclic amines) is 1. The summed E-state index contributed by atoms with van der Waals surface area (Å²) in [6.45, 7) is 0.633. The number of rotatable bonds is 4. The summed E-state index contributed by atoms with van der Waals surface area (Å²) in [5.74, 6) is -1.98. The monoisotopic (exact) mass is 331 g/mol. The molecule has 1 aromatic rings. The minimum atomic E-state index is -4.87. The van der Waals surface area contributed by atoms with Crippen molar-refractivity contribution in [2.75, 3.05) is 13.1 Å². The fraction of sp³-hybridized carbons (Fsp3) is 0.467. The Hall–Kier alpha value is -2.25. The maximum Gasteiger partial charge on any atom is 0.573 e. The van der Waals surface area contributed by atoms with E-state index in [1.54, 1.807) is 0 Å². The number of carboxylic acid groups (broad SMARTS) is 1.